The zero-order chi connectivity index (χ0) is 19.5. The number of aliphatic hydroxyl groups is 1. The maximum Gasteiger partial charge on any atom is 0.143 e. The lowest BCUT2D eigenvalue weighted by Gasteiger charge is -2.17. The standard InChI is InChI=1S/C24H24N2O2/c1-17(2)26-22-11-7-6-10-21(22)25-24(26)23(27)19-12-14-20(15-13-19)28-16-18-8-4-3-5-9-18/h3-15,17,23,27H,16H2,1-2H3. The number of fused-ring (bicyclic) bond motifs is 1. The number of nitrogens with zero attached hydrogens (tertiary/aromatic N) is 2. The number of para-hydroxylation sites is 2. The van der Waals surface area contributed by atoms with Crippen molar-refractivity contribution in [3.05, 3.63) is 95.8 Å². The van der Waals surface area contributed by atoms with Gasteiger partial charge in [0.25, 0.3) is 0 Å². The molecule has 4 heteroatoms. The van der Waals surface area contributed by atoms with Gasteiger partial charge < -0.3 is 14.4 Å². The minimum atomic E-state index is -0.794. The van der Waals surface area contributed by atoms with Gasteiger partial charge in [0, 0.05) is 6.04 Å². The summed E-state index contributed by atoms with van der Waals surface area (Å²) in [5, 5.41) is 11.0. The molecule has 4 rings (SSSR count). The number of hydrogen-bond acceptors (Lipinski definition) is 3. The molecule has 0 saturated carbocycles. The molecule has 3 aromatic carbocycles. The van der Waals surface area contributed by atoms with Gasteiger partial charge in [-0.2, -0.15) is 0 Å². The topological polar surface area (TPSA) is 47.3 Å². The molecule has 0 aliphatic heterocycles. The highest BCUT2D eigenvalue weighted by Crippen LogP contribution is 2.29. The molecule has 0 amide bonds. The van der Waals surface area contributed by atoms with Crippen molar-refractivity contribution < 1.29 is 9.84 Å². The number of aromatic nitrogens is 2. The molecule has 1 atom stereocenters. The van der Waals surface area contributed by atoms with Crippen LogP contribution in [0.15, 0.2) is 78.9 Å². The van der Waals surface area contributed by atoms with Gasteiger partial charge in [-0.25, -0.2) is 4.98 Å². The van der Waals surface area contributed by atoms with Gasteiger partial charge in [0.15, 0.2) is 0 Å². The van der Waals surface area contributed by atoms with Gasteiger partial charge in [-0.15, -0.1) is 0 Å². The highest BCUT2D eigenvalue weighted by Gasteiger charge is 2.21. The Hall–Kier alpha value is -3.11. The number of benzene rings is 3. The Morgan fingerprint density at radius 1 is 0.893 bits per heavy atom. The second-order valence-corrected chi connectivity index (χ2v) is 7.17. The van der Waals surface area contributed by atoms with E-state index in [2.05, 4.69) is 18.4 Å². The Kier molecular flexibility index (Phi) is 5.13. The first-order valence-electron chi connectivity index (χ1n) is 9.55. The van der Waals surface area contributed by atoms with Crippen LogP contribution in [0.3, 0.4) is 0 Å². The molecular formula is C24H24N2O2. The van der Waals surface area contributed by atoms with Crippen LogP contribution in [0.5, 0.6) is 5.75 Å². The molecule has 1 heterocycles. The second-order valence-electron chi connectivity index (χ2n) is 7.17. The Labute approximate surface area is 165 Å². The van der Waals surface area contributed by atoms with E-state index in [9.17, 15) is 5.11 Å². The average Bonchev–Trinajstić information content (AvgIpc) is 3.13. The van der Waals surface area contributed by atoms with Crippen molar-refractivity contribution >= 4 is 11.0 Å². The first-order valence-corrected chi connectivity index (χ1v) is 9.55. The molecular weight excluding hydrogens is 348 g/mol. The maximum atomic E-state index is 11.0. The normalized spacial score (nSPS) is 12.4. The largest absolute Gasteiger partial charge is 0.489 e. The summed E-state index contributed by atoms with van der Waals surface area (Å²) in [5.41, 5.74) is 3.85. The van der Waals surface area contributed by atoms with Gasteiger partial charge in [0.2, 0.25) is 0 Å². The molecule has 4 nitrogen and oxygen atoms in total. The maximum absolute atomic E-state index is 11.0. The molecule has 0 bridgehead atoms. The molecule has 1 unspecified atom stereocenters. The van der Waals surface area contributed by atoms with Crippen LogP contribution in [0.2, 0.25) is 0 Å². The van der Waals surface area contributed by atoms with Crippen LogP contribution in [-0.4, -0.2) is 14.7 Å². The predicted octanol–water partition coefficient (Wildman–Crippen LogP) is 5.28. The SMILES string of the molecule is CC(C)n1c(C(O)c2ccc(OCc3ccccc3)cc2)nc2ccccc21. The highest BCUT2D eigenvalue weighted by molar-refractivity contribution is 5.76. The molecule has 0 spiro atoms. The summed E-state index contributed by atoms with van der Waals surface area (Å²) in [5.74, 6) is 1.44. The number of aliphatic hydroxyl groups excluding tert-OH is 1. The second kappa shape index (κ2) is 7.87. The zero-order valence-corrected chi connectivity index (χ0v) is 16.1. The molecule has 1 N–H and O–H groups in total. The Balaban J connectivity index is 1.56. The monoisotopic (exact) mass is 372 g/mol. The van der Waals surface area contributed by atoms with Crippen molar-refractivity contribution in [3.63, 3.8) is 0 Å². The molecule has 28 heavy (non-hydrogen) atoms. The van der Waals surface area contributed by atoms with Crippen LogP contribution in [0.25, 0.3) is 11.0 Å². The van der Waals surface area contributed by atoms with Gasteiger partial charge in [-0.3, -0.25) is 0 Å². The molecule has 1 aromatic heterocycles. The van der Waals surface area contributed by atoms with E-state index < -0.39 is 6.10 Å². The Morgan fingerprint density at radius 3 is 2.29 bits per heavy atom. The van der Waals surface area contributed by atoms with Gasteiger partial charge >= 0.3 is 0 Å². The third-order valence-corrected chi connectivity index (χ3v) is 4.83. The molecule has 0 fully saturated rings. The van der Waals surface area contributed by atoms with Crippen LogP contribution >= 0.6 is 0 Å². The quantitative estimate of drug-likeness (QED) is 0.501. The molecule has 142 valence electrons. The number of hydrogen-bond donors (Lipinski definition) is 1. The first kappa shape index (κ1) is 18.3. The minimum Gasteiger partial charge on any atom is -0.489 e. The van der Waals surface area contributed by atoms with E-state index in [4.69, 9.17) is 9.72 Å². The van der Waals surface area contributed by atoms with Crippen LogP contribution < -0.4 is 4.74 Å². The van der Waals surface area contributed by atoms with E-state index in [0.717, 1.165) is 27.9 Å². The van der Waals surface area contributed by atoms with Gasteiger partial charge in [0.05, 0.1) is 11.0 Å². The number of imidazole rings is 1. The van der Waals surface area contributed by atoms with Crippen LogP contribution in [0.1, 0.15) is 42.9 Å². The van der Waals surface area contributed by atoms with Crippen LogP contribution in [-0.2, 0) is 6.61 Å². The fourth-order valence-corrected chi connectivity index (χ4v) is 3.44. The smallest absolute Gasteiger partial charge is 0.143 e. The summed E-state index contributed by atoms with van der Waals surface area (Å²) in [7, 11) is 0. The molecule has 0 radical (unpaired) electrons. The van der Waals surface area contributed by atoms with Gasteiger partial charge in [-0.05, 0) is 49.2 Å². The third-order valence-electron chi connectivity index (χ3n) is 4.83. The molecule has 0 aliphatic rings. The summed E-state index contributed by atoms with van der Waals surface area (Å²) < 4.78 is 7.94. The summed E-state index contributed by atoms with van der Waals surface area (Å²) in [6, 6.07) is 25.8. The fraction of sp³-hybridized carbons (Fsp3) is 0.208. The van der Waals surface area contributed by atoms with Crippen molar-refractivity contribution in [2.75, 3.05) is 0 Å². The van der Waals surface area contributed by atoms with E-state index in [1.54, 1.807) is 0 Å². The van der Waals surface area contributed by atoms with Crippen molar-refractivity contribution in [1.82, 2.24) is 9.55 Å². The summed E-state index contributed by atoms with van der Waals surface area (Å²) in [6.45, 7) is 4.72. The van der Waals surface area contributed by atoms with Crippen molar-refractivity contribution in [2.45, 2.75) is 32.6 Å². The molecule has 0 aliphatic carbocycles. The lowest BCUT2D eigenvalue weighted by Crippen LogP contribution is -2.12. The summed E-state index contributed by atoms with van der Waals surface area (Å²) in [6.07, 6.45) is -0.794. The lowest BCUT2D eigenvalue weighted by atomic mass is 10.1. The molecule has 4 aromatic rings. The van der Waals surface area contributed by atoms with E-state index in [0.29, 0.717) is 12.4 Å². The summed E-state index contributed by atoms with van der Waals surface area (Å²) in [4.78, 5) is 4.69. The van der Waals surface area contributed by atoms with Gasteiger partial charge in [-0.1, -0.05) is 54.6 Å². The minimum absolute atomic E-state index is 0.200. The lowest BCUT2D eigenvalue weighted by molar-refractivity contribution is 0.203. The first-order chi connectivity index (χ1) is 13.6. The summed E-state index contributed by atoms with van der Waals surface area (Å²) >= 11 is 0. The predicted molar refractivity (Wildman–Crippen MR) is 111 cm³/mol. The van der Waals surface area contributed by atoms with Gasteiger partial charge in [0.1, 0.15) is 24.3 Å². The van der Waals surface area contributed by atoms with E-state index in [1.165, 1.54) is 0 Å². The Bertz CT molecular complexity index is 1050. The highest BCUT2D eigenvalue weighted by atomic mass is 16.5. The van der Waals surface area contributed by atoms with E-state index >= 15 is 0 Å². The number of rotatable bonds is 6. The van der Waals surface area contributed by atoms with Crippen LogP contribution in [0.4, 0.5) is 0 Å². The third kappa shape index (κ3) is 3.64. The van der Waals surface area contributed by atoms with Crippen LogP contribution in [0, 0.1) is 0 Å². The number of ether oxygens (including phenoxy) is 1. The Morgan fingerprint density at radius 2 is 1.57 bits per heavy atom. The van der Waals surface area contributed by atoms with E-state index in [-0.39, 0.29) is 6.04 Å². The van der Waals surface area contributed by atoms with Crippen molar-refractivity contribution in [1.29, 1.82) is 0 Å². The van der Waals surface area contributed by atoms with E-state index in [1.807, 2.05) is 78.9 Å². The average molecular weight is 372 g/mol. The fourth-order valence-electron chi connectivity index (χ4n) is 3.44. The zero-order valence-electron chi connectivity index (χ0n) is 16.1. The van der Waals surface area contributed by atoms with Crippen molar-refractivity contribution in [3.8, 4) is 5.75 Å². The molecule has 0 saturated heterocycles. The van der Waals surface area contributed by atoms with Crippen molar-refractivity contribution in [2.24, 2.45) is 0 Å².